The van der Waals surface area contributed by atoms with Gasteiger partial charge in [0.1, 0.15) is 17.2 Å². The number of amides is 1. The zero-order valence-corrected chi connectivity index (χ0v) is 22.8. The van der Waals surface area contributed by atoms with E-state index in [0.717, 1.165) is 6.07 Å². The molecular weight excluding hydrogens is 530 g/mol. The average Bonchev–Trinajstić information content (AvgIpc) is 3.26. The number of aromatic nitrogens is 2. The first-order chi connectivity index (χ1) is 18.4. The highest BCUT2D eigenvalue weighted by atomic mass is 32.2. The van der Waals surface area contributed by atoms with E-state index in [4.69, 9.17) is 20.9 Å². The molecule has 1 fully saturated rings. The van der Waals surface area contributed by atoms with Gasteiger partial charge in [0.05, 0.1) is 24.9 Å². The molecule has 2 aromatic rings. The number of allylic oxidation sites excluding steroid dienone is 1. The fourth-order valence-corrected chi connectivity index (χ4v) is 5.55. The van der Waals surface area contributed by atoms with Gasteiger partial charge < -0.3 is 25.8 Å². The Morgan fingerprint density at radius 2 is 1.90 bits per heavy atom. The second kappa shape index (κ2) is 11.1. The zero-order valence-electron chi connectivity index (χ0n) is 22.0. The molecule has 2 aliphatic rings. The number of hydrogen-bond donors (Lipinski definition) is 2. The highest BCUT2D eigenvalue weighted by Crippen LogP contribution is 2.38. The van der Waals surface area contributed by atoms with Gasteiger partial charge in [0.15, 0.2) is 23.0 Å². The van der Waals surface area contributed by atoms with E-state index >= 15 is 0 Å². The van der Waals surface area contributed by atoms with E-state index in [1.807, 2.05) is 4.90 Å². The smallest absolute Gasteiger partial charge is 0.416 e. The van der Waals surface area contributed by atoms with Crippen molar-refractivity contribution in [3.8, 4) is 5.75 Å². The van der Waals surface area contributed by atoms with E-state index in [2.05, 4.69) is 9.97 Å². The Bertz CT molecular complexity index is 1330. The van der Waals surface area contributed by atoms with Crippen molar-refractivity contribution in [2.45, 2.75) is 49.2 Å². The first kappa shape index (κ1) is 28.1. The third kappa shape index (κ3) is 6.24. The van der Waals surface area contributed by atoms with E-state index in [9.17, 15) is 18.4 Å². The fraction of sp³-hybridized carbons (Fsp3) is 0.385. The van der Waals surface area contributed by atoms with Crippen LogP contribution in [0, 0.1) is 11.6 Å². The summed E-state index contributed by atoms with van der Waals surface area (Å²) in [4.78, 5) is 35.8. The summed E-state index contributed by atoms with van der Waals surface area (Å²) in [6.07, 6.45) is 5.08. The number of benzene rings is 1. The summed E-state index contributed by atoms with van der Waals surface area (Å²) in [5.41, 5.74) is 12.9. The number of hydrogen-bond acceptors (Lipinski definition) is 10. The Morgan fingerprint density at radius 3 is 2.51 bits per heavy atom. The van der Waals surface area contributed by atoms with Crippen LogP contribution in [-0.4, -0.2) is 69.2 Å². The number of ether oxygens (including phenoxy) is 2. The minimum atomic E-state index is -0.902. The van der Waals surface area contributed by atoms with E-state index in [0.29, 0.717) is 41.7 Å². The number of halogens is 2. The predicted octanol–water partition coefficient (Wildman–Crippen LogP) is 3.49. The van der Waals surface area contributed by atoms with Gasteiger partial charge in [0.25, 0.3) is 0 Å². The minimum Gasteiger partial charge on any atom is -0.493 e. The van der Waals surface area contributed by atoms with Crippen LogP contribution >= 0.6 is 11.8 Å². The quantitative estimate of drug-likeness (QED) is 0.399. The number of nitrogens with two attached hydrogens (primary N) is 2. The summed E-state index contributed by atoms with van der Waals surface area (Å²) in [5.74, 6) is -1.85. The molecule has 2 aliphatic heterocycles. The first-order valence-electron chi connectivity index (χ1n) is 12.1. The van der Waals surface area contributed by atoms with Crippen molar-refractivity contribution in [1.29, 1.82) is 0 Å². The van der Waals surface area contributed by atoms with Gasteiger partial charge >= 0.3 is 6.09 Å². The standard InChI is InChI=1S/C26H30F2N6O4S/c1-26(2,3)38-25(36)34-11-16-7-17(39-24-31-9-14(13-35)10-32-24)12-33(16)21(23(34)30)8-20(29)18-5-15(27)6-19(28)22(18)37-4/h5-6,8-10,13,16-17H,7,11-12,29-30H2,1-4H3/b20-8-. The van der Waals surface area contributed by atoms with Gasteiger partial charge in [0.2, 0.25) is 0 Å². The Kier molecular flexibility index (Phi) is 8.00. The highest BCUT2D eigenvalue weighted by Gasteiger charge is 2.42. The van der Waals surface area contributed by atoms with Crippen LogP contribution in [0.4, 0.5) is 13.6 Å². The molecule has 0 saturated carbocycles. The van der Waals surface area contributed by atoms with Crippen molar-refractivity contribution in [2.75, 3.05) is 20.2 Å². The number of carbonyl (C=O) groups is 2. The topological polar surface area (TPSA) is 137 Å². The number of methoxy groups -OCH3 is 1. The average molecular weight is 561 g/mol. The van der Waals surface area contributed by atoms with Crippen LogP contribution in [0.1, 0.15) is 43.1 Å². The van der Waals surface area contributed by atoms with Crippen LogP contribution in [0.15, 0.2) is 47.3 Å². The van der Waals surface area contributed by atoms with Gasteiger partial charge in [-0.25, -0.2) is 23.5 Å². The summed E-state index contributed by atoms with van der Waals surface area (Å²) >= 11 is 1.44. The molecule has 1 aromatic heterocycles. The van der Waals surface area contributed by atoms with Crippen molar-refractivity contribution in [1.82, 2.24) is 19.8 Å². The lowest BCUT2D eigenvalue weighted by Gasteiger charge is -2.40. The van der Waals surface area contributed by atoms with E-state index in [1.165, 1.54) is 42.2 Å². The number of thioether (sulfide) groups is 1. The molecular formula is C26H30F2N6O4S. The summed E-state index contributed by atoms with van der Waals surface area (Å²) in [6.45, 7) is 6.02. The van der Waals surface area contributed by atoms with Gasteiger partial charge in [-0.1, -0.05) is 11.8 Å². The van der Waals surface area contributed by atoms with Gasteiger partial charge in [-0.2, -0.15) is 0 Å². The molecule has 0 radical (unpaired) electrons. The molecule has 1 aromatic carbocycles. The van der Waals surface area contributed by atoms with E-state index in [1.54, 1.807) is 20.8 Å². The molecule has 4 rings (SSSR count). The molecule has 0 spiro atoms. The monoisotopic (exact) mass is 560 g/mol. The van der Waals surface area contributed by atoms with E-state index in [-0.39, 0.29) is 40.7 Å². The van der Waals surface area contributed by atoms with Crippen LogP contribution in [0.2, 0.25) is 0 Å². The van der Waals surface area contributed by atoms with Gasteiger partial charge in [0, 0.05) is 47.6 Å². The SMILES string of the molecule is COc1c(F)cc(F)cc1/C(N)=C/C1=C(N)N(C(=O)OC(C)(C)C)CC2CC(Sc3ncc(C=O)cn3)CN12. The molecule has 1 amide bonds. The van der Waals surface area contributed by atoms with Crippen molar-refractivity contribution in [3.63, 3.8) is 0 Å². The second-order valence-corrected chi connectivity index (χ2v) is 11.4. The van der Waals surface area contributed by atoms with Crippen LogP contribution in [0.5, 0.6) is 5.75 Å². The van der Waals surface area contributed by atoms with Crippen molar-refractivity contribution in [3.05, 3.63) is 64.9 Å². The van der Waals surface area contributed by atoms with Gasteiger partial charge in [-0.3, -0.25) is 9.69 Å². The minimum absolute atomic E-state index is 0.00289. The molecule has 4 N–H and O–H groups in total. The zero-order chi connectivity index (χ0) is 28.5. The number of rotatable bonds is 6. The summed E-state index contributed by atoms with van der Waals surface area (Å²) in [5, 5.41) is 0.511. The molecule has 3 heterocycles. The Balaban J connectivity index is 1.70. The first-order valence-corrected chi connectivity index (χ1v) is 13.0. The molecule has 2 unspecified atom stereocenters. The molecule has 10 nitrogen and oxygen atoms in total. The Labute approximate surface area is 229 Å². The van der Waals surface area contributed by atoms with Crippen molar-refractivity contribution < 1.29 is 27.8 Å². The largest absolute Gasteiger partial charge is 0.493 e. The third-order valence-corrected chi connectivity index (χ3v) is 7.21. The lowest BCUT2D eigenvalue weighted by atomic mass is 10.1. The number of fused-ring (bicyclic) bond motifs is 1. The number of nitrogens with zero attached hydrogens (tertiary/aromatic N) is 4. The molecule has 0 bridgehead atoms. The van der Waals surface area contributed by atoms with Crippen LogP contribution in [0.25, 0.3) is 5.70 Å². The van der Waals surface area contributed by atoms with E-state index < -0.39 is 23.3 Å². The molecule has 1 saturated heterocycles. The summed E-state index contributed by atoms with van der Waals surface area (Å²) in [6, 6.07) is 1.61. The summed E-state index contributed by atoms with van der Waals surface area (Å²) < 4.78 is 39.2. The lowest BCUT2D eigenvalue weighted by Crippen LogP contribution is -2.51. The maximum absolute atomic E-state index is 14.4. The molecule has 13 heteroatoms. The second-order valence-electron chi connectivity index (χ2n) is 10.1. The highest BCUT2D eigenvalue weighted by molar-refractivity contribution is 7.99. The summed E-state index contributed by atoms with van der Waals surface area (Å²) in [7, 11) is 1.26. The maximum Gasteiger partial charge on any atom is 0.416 e. The predicted molar refractivity (Wildman–Crippen MR) is 141 cm³/mol. The molecule has 2 atom stereocenters. The third-order valence-electron chi connectivity index (χ3n) is 6.12. The van der Waals surface area contributed by atoms with Crippen molar-refractivity contribution >= 4 is 29.8 Å². The van der Waals surface area contributed by atoms with Crippen LogP contribution < -0.4 is 16.2 Å². The molecule has 0 aliphatic carbocycles. The maximum atomic E-state index is 14.4. The fourth-order valence-electron chi connectivity index (χ4n) is 4.47. The lowest BCUT2D eigenvalue weighted by molar-refractivity contribution is 0.0243. The normalized spacial score (nSPS) is 19.7. The van der Waals surface area contributed by atoms with Crippen LogP contribution in [-0.2, 0) is 4.74 Å². The van der Waals surface area contributed by atoms with Gasteiger partial charge in [-0.15, -0.1) is 0 Å². The van der Waals surface area contributed by atoms with Crippen LogP contribution in [0.3, 0.4) is 0 Å². The number of carbonyl (C=O) groups excluding carboxylic acids is 2. The Morgan fingerprint density at radius 1 is 1.21 bits per heavy atom. The van der Waals surface area contributed by atoms with Crippen molar-refractivity contribution in [2.24, 2.45) is 11.5 Å². The molecule has 39 heavy (non-hydrogen) atoms. The molecule has 208 valence electrons. The van der Waals surface area contributed by atoms with Gasteiger partial charge in [-0.05, 0) is 39.3 Å². The Hall–Kier alpha value is -3.87. The number of aldehydes is 1.